The van der Waals surface area contributed by atoms with Gasteiger partial charge < -0.3 is 20.4 Å². The summed E-state index contributed by atoms with van der Waals surface area (Å²) in [5.74, 6) is -0.421. The number of nitrogens with one attached hydrogen (secondary N) is 2. The maximum Gasteiger partial charge on any atom is 0.272 e. The number of anilines is 2. The lowest BCUT2D eigenvalue weighted by atomic mass is 9.86. The highest BCUT2D eigenvalue weighted by Gasteiger charge is 2.26. The number of fused-ring (bicyclic) bond motifs is 1. The van der Waals surface area contributed by atoms with Gasteiger partial charge in [0.2, 0.25) is 15.9 Å². The Morgan fingerprint density at radius 2 is 1.69 bits per heavy atom. The molecule has 1 aliphatic heterocycles. The summed E-state index contributed by atoms with van der Waals surface area (Å²) in [6.45, 7) is 12.3. The number of hydrogen-bond acceptors (Lipinski definition) is 6. The van der Waals surface area contributed by atoms with Crippen molar-refractivity contribution in [2.45, 2.75) is 59.4 Å². The van der Waals surface area contributed by atoms with Gasteiger partial charge in [0, 0.05) is 24.9 Å². The van der Waals surface area contributed by atoms with Crippen LogP contribution in [0.1, 0.15) is 69.1 Å². The molecule has 1 saturated heterocycles. The quantitative estimate of drug-likeness (QED) is 0.339. The number of ether oxygens (including phenoxy) is 1. The first-order valence-electron chi connectivity index (χ1n) is 14.3. The summed E-state index contributed by atoms with van der Waals surface area (Å²) in [4.78, 5) is 27.5. The molecule has 0 bridgehead atoms. The van der Waals surface area contributed by atoms with Crippen LogP contribution in [0.2, 0.25) is 0 Å². The third-order valence-electron chi connectivity index (χ3n) is 7.46. The van der Waals surface area contributed by atoms with Crippen molar-refractivity contribution in [1.29, 1.82) is 0 Å². The van der Waals surface area contributed by atoms with E-state index in [1.807, 2.05) is 70.5 Å². The smallest absolute Gasteiger partial charge is 0.272 e. The second kappa shape index (κ2) is 13.2. The SMILES string of the molecule is CC.COc1c(NC(=O)c2cc3cccc(CN4CCC(C(N)=O)CC4)c3n2C)cc(C(C)(C)C)cc1NS(C)(=O)=O. The molecule has 1 aliphatic rings. The first-order chi connectivity index (χ1) is 19.7. The lowest BCUT2D eigenvalue weighted by molar-refractivity contribution is -0.123. The first-order valence-corrected chi connectivity index (χ1v) is 16.2. The van der Waals surface area contributed by atoms with Gasteiger partial charge in [0.1, 0.15) is 5.69 Å². The number of aryl methyl sites for hydroxylation is 1. The van der Waals surface area contributed by atoms with E-state index in [0.29, 0.717) is 17.9 Å². The van der Waals surface area contributed by atoms with Crippen LogP contribution >= 0.6 is 0 Å². The third kappa shape index (κ3) is 7.63. The molecule has 3 aromatic rings. The molecular formula is C31H45N5O5S. The van der Waals surface area contributed by atoms with Gasteiger partial charge >= 0.3 is 0 Å². The van der Waals surface area contributed by atoms with E-state index in [9.17, 15) is 18.0 Å². The molecule has 0 unspecified atom stereocenters. The summed E-state index contributed by atoms with van der Waals surface area (Å²) in [6, 6.07) is 11.4. The second-order valence-corrected chi connectivity index (χ2v) is 13.3. The first kappa shape index (κ1) is 32.9. The fourth-order valence-electron chi connectivity index (χ4n) is 5.30. The Bertz CT molecular complexity index is 1550. The molecule has 11 heteroatoms. The number of carbonyl (C=O) groups excluding carboxylic acids is 2. The van der Waals surface area contributed by atoms with Crippen molar-refractivity contribution < 1.29 is 22.7 Å². The van der Waals surface area contributed by atoms with Crippen LogP contribution in [0.5, 0.6) is 5.75 Å². The van der Waals surface area contributed by atoms with Gasteiger partial charge in [-0.3, -0.25) is 19.2 Å². The highest BCUT2D eigenvalue weighted by atomic mass is 32.2. The van der Waals surface area contributed by atoms with Crippen LogP contribution in [-0.4, -0.2) is 56.2 Å². The molecule has 2 amide bonds. The molecule has 0 spiro atoms. The zero-order chi connectivity index (χ0) is 31.4. The summed E-state index contributed by atoms with van der Waals surface area (Å²) in [5.41, 5.74) is 9.13. The van der Waals surface area contributed by atoms with Crippen molar-refractivity contribution in [3.8, 4) is 5.75 Å². The van der Waals surface area contributed by atoms with E-state index >= 15 is 0 Å². The van der Waals surface area contributed by atoms with E-state index in [-0.39, 0.29) is 34.6 Å². The number of likely N-dealkylation sites (tertiary alicyclic amines) is 1. The zero-order valence-electron chi connectivity index (χ0n) is 26.0. The van der Waals surface area contributed by atoms with Crippen LogP contribution in [-0.2, 0) is 33.8 Å². The molecule has 0 saturated carbocycles. The number of methoxy groups -OCH3 is 1. The fraction of sp³-hybridized carbons (Fsp3) is 0.484. The summed E-state index contributed by atoms with van der Waals surface area (Å²) in [7, 11) is -0.296. The van der Waals surface area contributed by atoms with Gasteiger partial charge in [-0.05, 0) is 60.7 Å². The highest BCUT2D eigenvalue weighted by molar-refractivity contribution is 7.92. The number of nitrogens with zero attached hydrogens (tertiary/aromatic N) is 2. The summed E-state index contributed by atoms with van der Waals surface area (Å²) >= 11 is 0. The summed E-state index contributed by atoms with van der Waals surface area (Å²) in [6.07, 6.45) is 2.57. The van der Waals surface area contributed by atoms with Crippen LogP contribution in [0.25, 0.3) is 10.9 Å². The highest BCUT2D eigenvalue weighted by Crippen LogP contribution is 2.39. The summed E-state index contributed by atoms with van der Waals surface area (Å²) in [5, 5.41) is 3.90. The zero-order valence-corrected chi connectivity index (χ0v) is 26.8. The van der Waals surface area contributed by atoms with Gasteiger partial charge in [0.25, 0.3) is 5.91 Å². The molecule has 4 N–H and O–H groups in total. The van der Waals surface area contributed by atoms with Gasteiger partial charge in [-0.15, -0.1) is 0 Å². The van der Waals surface area contributed by atoms with Gasteiger partial charge in [-0.2, -0.15) is 0 Å². The number of piperidine rings is 1. The Kier molecular flexibility index (Phi) is 10.3. The van der Waals surface area contributed by atoms with Gasteiger partial charge in [0.05, 0.1) is 30.3 Å². The molecule has 230 valence electrons. The number of carbonyl (C=O) groups is 2. The third-order valence-corrected chi connectivity index (χ3v) is 8.05. The van der Waals surface area contributed by atoms with Crippen LogP contribution in [0.15, 0.2) is 36.4 Å². The Morgan fingerprint density at radius 3 is 2.24 bits per heavy atom. The van der Waals surface area contributed by atoms with Crippen LogP contribution in [0.4, 0.5) is 11.4 Å². The van der Waals surface area contributed by atoms with E-state index in [1.54, 1.807) is 6.07 Å². The Labute approximate surface area is 249 Å². The van der Waals surface area contributed by atoms with Crippen molar-refractivity contribution in [2.75, 3.05) is 36.5 Å². The van der Waals surface area contributed by atoms with Crippen LogP contribution in [0.3, 0.4) is 0 Å². The van der Waals surface area contributed by atoms with Crippen molar-refractivity contribution in [3.63, 3.8) is 0 Å². The average molecular weight is 600 g/mol. The normalized spacial score (nSPS) is 14.7. The van der Waals surface area contributed by atoms with Crippen molar-refractivity contribution >= 4 is 44.1 Å². The molecule has 42 heavy (non-hydrogen) atoms. The number of aromatic nitrogens is 1. The number of para-hydroxylation sites is 1. The second-order valence-electron chi connectivity index (χ2n) is 11.6. The van der Waals surface area contributed by atoms with Crippen molar-refractivity contribution in [1.82, 2.24) is 9.47 Å². The van der Waals surface area contributed by atoms with E-state index < -0.39 is 10.0 Å². The maximum atomic E-state index is 13.7. The van der Waals surface area contributed by atoms with E-state index in [4.69, 9.17) is 10.5 Å². The molecule has 4 rings (SSSR count). The van der Waals surface area contributed by atoms with Crippen LogP contribution in [0, 0.1) is 5.92 Å². The minimum absolute atomic E-state index is 0.0701. The molecule has 0 atom stereocenters. The molecule has 1 fully saturated rings. The molecule has 10 nitrogen and oxygen atoms in total. The Morgan fingerprint density at radius 1 is 1.07 bits per heavy atom. The minimum Gasteiger partial charge on any atom is -0.492 e. The number of sulfonamides is 1. The number of benzene rings is 2. The largest absolute Gasteiger partial charge is 0.492 e. The van der Waals surface area contributed by atoms with Gasteiger partial charge in [0.15, 0.2) is 5.75 Å². The van der Waals surface area contributed by atoms with E-state index in [1.165, 1.54) is 7.11 Å². The Balaban J connectivity index is 0.00000237. The predicted molar refractivity (Wildman–Crippen MR) is 170 cm³/mol. The number of hydrogen-bond donors (Lipinski definition) is 3. The topological polar surface area (TPSA) is 136 Å². The lowest BCUT2D eigenvalue weighted by Gasteiger charge is -2.30. The molecule has 2 aromatic carbocycles. The average Bonchev–Trinajstić information content (AvgIpc) is 3.26. The minimum atomic E-state index is -3.59. The van der Waals surface area contributed by atoms with Crippen molar-refractivity contribution in [2.24, 2.45) is 18.7 Å². The fourth-order valence-corrected chi connectivity index (χ4v) is 5.85. The number of primary amides is 1. The maximum absolute atomic E-state index is 13.7. The van der Waals surface area contributed by atoms with E-state index in [2.05, 4.69) is 21.0 Å². The molecule has 1 aromatic heterocycles. The van der Waals surface area contributed by atoms with E-state index in [0.717, 1.165) is 54.2 Å². The number of nitrogens with two attached hydrogens (primary N) is 1. The molecular weight excluding hydrogens is 554 g/mol. The number of rotatable bonds is 8. The summed E-state index contributed by atoms with van der Waals surface area (Å²) < 4.78 is 34.1. The van der Waals surface area contributed by atoms with Gasteiger partial charge in [-0.25, -0.2) is 8.42 Å². The van der Waals surface area contributed by atoms with Crippen LogP contribution < -0.4 is 20.5 Å². The standard InChI is InChI=1S/C29H39N5O5S.C2H6/c1-29(2,3)21-15-22(26(39-5)23(16-21)32-40(6,37)38)31-28(36)24-14-19-8-7-9-20(25(19)33(24)4)17-34-12-10-18(11-13-34)27(30)35;1-2/h7-9,14-16,18,32H,10-13,17H2,1-6H3,(H2,30,35)(H,31,36);1-2H3. The molecule has 0 radical (unpaired) electrons. The Hall–Kier alpha value is -3.57. The monoisotopic (exact) mass is 599 g/mol. The number of amides is 2. The van der Waals surface area contributed by atoms with Crippen molar-refractivity contribution in [3.05, 3.63) is 53.2 Å². The molecule has 2 heterocycles. The predicted octanol–water partition coefficient (Wildman–Crippen LogP) is 4.83. The molecule has 0 aliphatic carbocycles. The lowest BCUT2D eigenvalue weighted by Crippen LogP contribution is -2.38. The van der Waals surface area contributed by atoms with Gasteiger partial charge in [-0.1, -0.05) is 52.8 Å².